The van der Waals surface area contributed by atoms with Crippen molar-refractivity contribution in [3.63, 3.8) is 0 Å². The summed E-state index contributed by atoms with van der Waals surface area (Å²) in [4.78, 5) is 5.54. The van der Waals surface area contributed by atoms with Crippen molar-refractivity contribution in [3.8, 4) is 0 Å². The van der Waals surface area contributed by atoms with Gasteiger partial charge in [0.05, 0.1) is 0 Å². The van der Waals surface area contributed by atoms with E-state index in [-0.39, 0.29) is 24.0 Å². The summed E-state index contributed by atoms with van der Waals surface area (Å²) < 4.78 is 0. The largest absolute Gasteiger partial charge is 0.356 e. The number of halogens is 1. The lowest BCUT2D eigenvalue weighted by Crippen LogP contribution is -2.37. The van der Waals surface area contributed by atoms with Crippen LogP contribution in [0.3, 0.4) is 0 Å². The van der Waals surface area contributed by atoms with Crippen molar-refractivity contribution in [3.05, 3.63) is 65.7 Å². The van der Waals surface area contributed by atoms with Crippen molar-refractivity contribution >= 4 is 41.7 Å². The van der Waals surface area contributed by atoms with Crippen LogP contribution in [0.25, 0.3) is 0 Å². The maximum absolute atomic E-state index is 4.26. The molecule has 0 unspecified atom stereocenters. The van der Waals surface area contributed by atoms with Gasteiger partial charge >= 0.3 is 0 Å². The summed E-state index contributed by atoms with van der Waals surface area (Å²) in [6.07, 6.45) is 3.08. The molecule has 0 aromatic heterocycles. The molecule has 0 aliphatic heterocycles. The molecule has 0 aliphatic rings. The van der Waals surface area contributed by atoms with E-state index >= 15 is 0 Å². The van der Waals surface area contributed by atoms with E-state index in [9.17, 15) is 0 Å². The lowest BCUT2D eigenvalue weighted by molar-refractivity contribution is 0.794. The van der Waals surface area contributed by atoms with Gasteiger partial charge < -0.3 is 10.6 Å². The SMILES string of the molecule is CN=C(NCCc1ccccc1)NCc1ccc(SC)cc1.I. The Morgan fingerprint density at radius 3 is 2.26 bits per heavy atom. The summed E-state index contributed by atoms with van der Waals surface area (Å²) in [5.41, 5.74) is 2.59. The maximum Gasteiger partial charge on any atom is 0.191 e. The number of hydrogen-bond donors (Lipinski definition) is 2. The first-order valence-corrected chi connectivity index (χ1v) is 8.65. The van der Waals surface area contributed by atoms with Crippen molar-refractivity contribution < 1.29 is 0 Å². The summed E-state index contributed by atoms with van der Waals surface area (Å²) >= 11 is 1.76. The van der Waals surface area contributed by atoms with Crippen molar-refractivity contribution in [2.45, 2.75) is 17.9 Å². The highest BCUT2D eigenvalue weighted by Crippen LogP contribution is 2.14. The van der Waals surface area contributed by atoms with E-state index < -0.39 is 0 Å². The van der Waals surface area contributed by atoms with Crippen molar-refractivity contribution in [1.29, 1.82) is 0 Å². The molecule has 0 spiro atoms. The fraction of sp³-hybridized carbons (Fsp3) is 0.278. The zero-order valence-corrected chi connectivity index (χ0v) is 16.7. The van der Waals surface area contributed by atoms with Crippen LogP contribution < -0.4 is 10.6 Å². The second-order valence-electron chi connectivity index (χ2n) is 4.94. The van der Waals surface area contributed by atoms with Gasteiger partial charge in [-0.25, -0.2) is 0 Å². The van der Waals surface area contributed by atoms with Crippen LogP contribution in [-0.4, -0.2) is 25.8 Å². The summed E-state index contributed by atoms with van der Waals surface area (Å²) in [5, 5.41) is 6.69. The molecule has 2 aromatic carbocycles. The van der Waals surface area contributed by atoms with E-state index in [1.165, 1.54) is 16.0 Å². The predicted molar refractivity (Wildman–Crippen MR) is 112 cm³/mol. The maximum atomic E-state index is 4.26. The number of guanidine groups is 1. The van der Waals surface area contributed by atoms with Crippen LogP contribution in [0.15, 0.2) is 64.5 Å². The summed E-state index contributed by atoms with van der Waals surface area (Å²) in [6, 6.07) is 19.1. The van der Waals surface area contributed by atoms with E-state index in [1.807, 2.05) is 6.07 Å². The van der Waals surface area contributed by atoms with Gasteiger partial charge in [-0.3, -0.25) is 4.99 Å². The Balaban J connectivity index is 0.00000264. The fourth-order valence-electron chi connectivity index (χ4n) is 2.12. The summed E-state index contributed by atoms with van der Waals surface area (Å²) in [7, 11) is 1.80. The van der Waals surface area contributed by atoms with Gasteiger partial charge in [0, 0.05) is 25.0 Å². The van der Waals surface area contributed by atoms with Gasteiger partial charge in [-0.1, -0.05) is 42.5 Å². The van der Waals surface area contributed by atoms with Gasteiger partial charge in [0.15, 0.2) is 5.96 Å². The number of nitrogens with one attached hydrogen (secondary N) is 2. The summed E-state index contributed by atoms with van der Waals surface area (Å²) in [5.74, 6) is 0.838. The lowest BCUT2D eigenvalue weighted by atomic mass is 10.1. The van der Waals surface area contributed by atoms with Crippen molar-refractivity contribution in [1.82, 2.24) is 10.6 Å². The monoisotopic (exact) mass is 441 g/mol. The van der Waals surface area contributed by atoms with E-state index in [4.69, 9.17) is 0 Å². The van der Waals surface area contributed by atoms with Gasteiger partial charge in [-0.15, -0.1) is 35.7 Å². The predicted octanol–water partition coefficient (Wildman–Crippen LogP) is 3.93. The van der Waals surface area contributed by atoms with Crippen LogP contribution in [0.4, 0.5) is 0 Å². The second-order valence-corrected chi connectivity index (χ2v) is 5.82. The molecule has 23 heavy (non-hydrogen) atoms. The lowest BCUT2D eigenvalue weighted by Gasteiger charge is -2.12. The number of aliphatic imine (C=N–C) groups is 1. The number of rotatable bonds is 6. The Morgan fingerprint density at radius 2 is 1.65 bits per heavy atom. The molecule has 3 nitrogen and oxygen atoms in total. The molecule has 0 saturated carbocycles. The molecule has 0 atom stereocenters. The minimum atomic E-state index is 0. The van der Waals surface area contributed by atoms with Crippen molar-refractivity contribution in [2.24, 2.45) is 4.99 Å². The van der Waals surface area contributed by atoms with Crippen LogP contribution in [-0.2, 0) is 13.0 Å². The average molecular weight is 441 g/mol. The fourth-order valence-corrected chi connectivity index (χ4v) is 2.53. The number of thioether (sulfide) groups is 1. The number of hydrogen-bond acceptors (Lipinski definition) is 2. The van der Waals surface area contributed by atoms with E-state index in [0.29, 0.717) is 0 Å². The Kier molecular flexibility index (Phi) is 9.78. The van der Waals surface area contributed by atoms with Gasteiger partial charge in [-0.2, -0.15) is 0 Å². The highest BCUT2D eigenvalue weighted by molar-refractivity contribution is 14.0. The molecule has 0 heterocycles. The third-order valence-electron chi connectivity index (χ3n) is 3.39. The van der Waals surface area contributed by atoms with Crippen molar-refractivity contribution in [2.75, 3.05) is 19.8 Å². The normalized spacial score (nSPS) is 10.8. The molecule has 0 aliphatic carbocycles. The first kappa shape index (κ1) is 19.8. The third-order valence-corrected chi connectivity index (χ3v) is 4.14. The topological polar surface area (TPSA) is 36.4 Å². The first-order valence-electron chi connectivity index (χ1n) is 7.43. The van der Waals surface area contributed by atoms with Gasteiger partial charge in [-0.05, 0) is 35.9 Å². The van der Waals surface area contributed by atoms with Crippen LogP contribution >= 0.6 is 35.7 Å². The Labute approximate surface area is 160 Å². The smallest absolute Gasteiger partial charge is 0.191 e. The molecule has 0 bridgehead atoms. The van der Waals surface area contributed by atoms with E-state index in [2.05, 4.69) is 70.4 Å². The minimum Gasteiger partial charge on any atom is -0.356 e. The molecule has 0 radical (unpaired) electrons. The zero-order valence-electron chi connectivity index (χ0n) is 13.6. The molecule has 2 N–H and O–H groups in total. The second kappa shape index (κ2) is 11.3. The number of benzene rings is 2. The van der Waals surface area contributed by atoms with Gasteiger partial charge in [0.25, 0.3) is 0 Å². The van der Waals surface area contributed by atoms with E-state index in [0.717, 1.165) is 25.5 Å². The van der Waals surface area contributed by atoms with Crippen LogP contribution in [0.2, 0.25) is 0 Å². The summed E-state index contributed by atoms with van der Waals surface area (Å²) in [6.45, 7) is 1.65. The molecule has 0 saturated heterocycles. The molecule has 2 rings (SSSR count). The molecule has 124 valence electrons. The van der Waals surface area contributed by atoms with Crippen LogP contribution in [0, 0.1) is 0 Å². The molecule has 0 fully saturated rings. The Bertz CT molecular complexity index is 585. The minimum absolute atomic E-state index is 0. The Hall–Kier alpha value is -1.21. The van der Waals surface area contributed by atoms with Gasteiger partial charge in [0.1, 0.15) is 0 Å². The molecular formula is C18H24IN3S. The average Bonchev–Trinajstić information content (AvgIpc) is 2.59. The van der Waals surface area contributed by atoms with Crippen LogP contribution in [0.1, 0.15) is 11.1 Å². The number of nitrogens with zero attached hydrogens (tertiary/aromatic N) is 1. The highest BCUT2D eigenvalue weighted by atomic mass is 127. The standard InChI is InChI=1S/C18H23N3S.HI/c1-19-18(20-13-12-15-6-4-3-5-7-15)21-14-16-8-10-17(22-2)11-9-16;/h3-11H,12-14H2,1-2H3,(H2,19,20,21);1H. The molecular weight excluding hydrogens is 417 g/mol. The van der Waals surface area contributed by atoms with Crippen LogP contribution in [0.5, 0.6) is 0 Å². The Morgan fingerprint density at radius 1 is 0.957 bits per heavy atom. The molecule has 2 aromatic rings. The van der Waals surface area contributed by atoms with Gasteiger partial charge in [0.2, 0.25) is 0 Å². The molecule has 5 heteroatoms. The highest BCUT2D eigenvalue weighted by Gasteiger charge is 1.99. The first-order chi connectivity index (χ1) is 10.8. The third kappa shape index (κ3) is 7.26. The molecule has 0 amide bonds. The quantitative estimate of drug-likeness (QED) is 0.309. The zero-order chi connectivity index (χ0) is 15.6. The van der Waals surface area contributed by atoms with E-state index in [1.54, 1.807) is 18.8 Å².